The molecule has 34 heavy (non-hydrogen) atoms. The van der Waals surface area contributed by atoms with Crippen LogP contribution in [0.2, 0.25) is 0 Å². The van der Waals surface area contributed by atoms with Crippen LogP contribution < -0.4 is 4.74 Å². The number of halogens is 7. The second kappa shape index (κ2) is 9.61. The summed E-state index contributed by atoms with van der Waals surface area (Å²) in [5.41, 5.74) is -2.49. The lowest BCUT2D eigenvalue weighted by Gasteiger charge is -2.24. The Morgan fingerprint density at radius 2 is 1.53 bits per heavy atom. The van der Waals surface area contributed by atoms with Gasteiger partial charge >= 0.3 is 12.1 Å². The summed E-state index contributed by atoms with van der Waals surface area (Å²) >= 11 is 0. The lowest BCUT2D eigenvalue weighted by atomic mass is 9.90. The van der Waals surface area contributed by atoms with Gasteiger partial charge in [0.15, 0.2) is 12.2 Å². The van der Waals surface area contributed by atoms with Crippen LogP contribution in [0.15, 0.2) is 60.8 Å². The van der Waals surface area contributed by atoms with E-state index in [0.717, 1.165) is 24.4 Å². The van der Waals surface area contributed by atoms with E-state index in [2.05, 4.69) is 9.72 Å². The second-order valence-corrected chi connectivity index (χ2v) is 7.17. The molecule has 0 bridgehead atoms. The van der Waals surface area contributed by atoms with Crippen LogP contribution in [0.25, 0.3) is 11.1 Å². The minimum atomic E-state index is -4.47. The third-order valence-electron chi connectivity index (χ3n) is 4.98. The first-order valence-corrected chi connectivity index (χ1v) is 10.3. The Labute approximate surface area is 191 Å². The zero-order valence-corrected chi connectivity index (χ0v) is 18.1. The van der Waals surface area contributed by atoms with E-state index in [4.69, 9.17) is 4.74 Å². The van der Waals surface area contributed by atoms with Crippen molar-refractivity contribution in [1.29, 1.82) is 0 Å². The molecule has 10 heteroatoms. The number of aromatic nitrogens is 1. The molecular weight excluding hydrogens is 467 g/mol. The predicted molar refractivity (Wildman–Crippen MR) is 110 cm³/mol. The molecule has 1 saturated heterocycles. The van der Waals surface area contributed by atoms with E-state index in [9.17, 15) is 22.0 Å². The molecular formula is C24H20F7NO2. The molecule has 2 aromatic carbocycles. The Balaban J connectivity index is 0.00000158. The third kappa shape index (κ3) is 5.16. The van der Waals surface area contributed by atoms with Gasteiger partial charge < -0.3 is 9.47 Å². The first kappa shape index (κ1) is 25.5. The molecule has 1 aliphatic heterocycles. The summed E-state index contributed by atoms with van der Waals surface area (Å²) in [4.78, 5) is 3.79. The van der Waals surface area contributed by atoms with E-state index >= 15 is 8.78 Å². The van der Waals surface area contributed by atoms with Crippen molar-refractivity contribution in [2.75, 3.05) is 13.2 Å². The van der Waals surface area contributed by atoms with Gasteiger partial charge in [-0.05, 0) is 35.9 Å². The predicted octanol–water partition coefficient (Wildman–Crippen LogP) is 7.01. The molecule has 1 aromatic heterocycles. The monoisotopic (exact) mass is 487 g/mol. The fourth-order valence-corrected chi connectivity index (χ4v) is 3.26. The van der Waals surface area contributed by atoms with Crippen LogP contribution in [-0.4, -0.2) is 24.4 Å². The minimum Gasteiger partial charge on any atom is -0.484 e. The van der Waals surface area contributed by atoms with Crippen molar-refractivity contribution >= 4 is 0 Å². The van der Waals surface area contributed by atoms with Gasteiger partial charge in [0.25, 0.3) is 0 Å². The lowest BCUT2D eigenvalue weighted by molar-refractivity contribution is -0.153. The van der Waals surface area contributed by atoms with Crippen molar-refractivity contribution < 1.29 is 40.2 Å². The van der Waals surface area contributed by atoms with Gasteiger partial charge in [0.1, 0.15) is 23.1 Å². The number of alkyl halides is 5. The molecule has 0 amide bonds. The minimum absolute atomic E-state index is 0.00339. The average Bonchev–Trinajstić information content (AvgIpc) is 3.61. The fourth-order valence-electron chi connectivity index (χ4n) is 3.26. The van der Waals surface area contributed by atoms with Crippen LogP contribution in [0.1, 0.15) is 25.1 Å². The summed E-state index contributed by atoms with van der Waals surface area (Å²) in [6, 6.07) is 10.2. The van der Waals surface area contributed by atoms with Crippen LogP contribution in [0.4, 0.5) is 30.7 Å². The summed E-state index contributed by atoms with van der Waals surface area (Å²) < 4.78 is 104. The first-order chi connectivity index (χ1) is 16.0. The van der Waals surface area contributed by atoms with E-state index in [1.165, 1.54) is 30.3 Å². The molecule has 3 aromatic rings. The molecule has 0 saturated carbocycles. The summed E-state index contributed by atoms with van der Waals surface area (Å²) in [7, 11) is 0. The van der Waals surface area contributed by atoms with Gasteiger partial charge in [0.2, 0.25) is 0 Å². The highest BCUT2D eigenvalue weighted by molar-refractivity contribution is 5.63. The SMILES string of the molecule is CC.Fc1ccc(C2(C(F)(F)c3ccc(-c4ccc(OCC(F)(F)F)cc4)cn3)CO2)c(F)c1. The molecule has 1 fully saturated rings. The third-order valence-corrected chi connectivity index (χ3v) is 4.98. The number of hydrogen-bond acceptors (Lipinski definition) is 3. The van der Waals surface area contributed by atoms with Gasteiger partial charge in [-0.2, -0.15) is 22.0 Å². The molecule has 4 rings (SSSR count). The number of hydrogen-bond donors (Lipinski definition) is 0. The van der Waals surface area contributed by atoms with Gasteiger partial charge in [0, 0.05) is 23.4 Å². The van der Waals surface area contributed by atoms with Crippen molar-refractivity contribution in [3.8, 4) is 16.9 Å². The molecule has 182 valence electrons. The summed E-state index contributed by atoms with van der Waals surface area (Å²) in [5.74, 6) is -5.76. The van der Waals surface area contributed by atoms with Crippen LogP contribution in [0, 0.1) is 11.6 Å². The zero-order valence-electron chi connectivity index (χ0n) is 18.1. The standard InChI is InChI=1S/C22H14F7NO2.C2H6/c23-15-4-7-17(18(24)9-15)20(11-32-20)22(28,29)19-8-3-14(10-30-19)13-1-5-16(6-2-13)31-12-21(25,26)27;1-2/h1-10H,11-12H2;1-2H3. The molecule has 0 N–H and O–H groups in total. The van der Waals surface area contributed by atoms with Gasteiger partial charge in [0.05, 0.1) is 6.61 Å². The molecule has 0 spiro atoms. The molecule has 0 aliphatic carbocycles. The van der Waals surface area contributed by atoms with Crippen molar-refractivity contribution in [1.82, 2.24) is 4.98 Å². The molecule has 3 nitrogen and oxygen atoms in total. The van der Waals surface area contributed by atoms with E-state index in [1.807, 2.05) is 13.8 Å². The van der Waals surface area contributed by atoms with Crippen molar-refractivity contribution in [3.63, 3.8) is 0 Å². The van der Waals surface area contributed by atoms with Crippen LogP contribution in [0.3, 0.4) is 0 Å². The maximum absolute atomic E-state index is 15.2. The number of nitrogens with zero attached hydrogens (tertiary/aromatic N) is 1. The van der Waals surface area contributed by atoms with Crippen molar-refractivity contribution in [3.05, 3.63) is 83.7 Å². The molecule has 1 atom stereocenters. The highest BCUT2D eigenvalue weighted by Crippen LogP contribution is 2.56. The van der Waals surface area contributed by atoms with Gasteiger partial charge in [-0.25, -0.2) is 8.78 Å². The second-order valence-electron chi connectivity index (χ2n) is 7.17. The number of rotatable bonds is 6. The number of epoxide rings is 1. The highest BCUT2D eigenvalue weighted by atomic mass is 19.4. The Bertz CT molecular complexity index is 1110. The highest BCUT2D eigenvalue weighted by Gasteiger charge is 2.68. The van der Waals surface area contributed by atoms with Crippen molar-refractivity contribution in [2.45, 2.75) is 31.5 Å². The van der Waals surface area contributed by atoms with Gasteiger partial charge in [-0.15, -0.1) is 0 Å². The van der Waals surface area contributed by atoms with Crippen LogP contribution in [0.5, 0.6) is 5.75 Å². The lowest BCUT2D eigenvalue weighted by Crippen LogP contribution is -2.34. The van der Waals surface area contributed by atoms with Gasteiger partial charge in [-0.3, -0.25) is 4.98 Å². The number of ether oxygens (including phenoxy) is 2. The molecule has 0 radical (unpaired) electrons. The number of pyridine rings is 1. The Kier molecular flexibility index (Phi) is 7.21. The Morgan fingerprint density at radius 3 is 2.03 bits per heavy atom. The Hall–Kier alpha value is -3.14. The molecule has 1 unspecified atom stereocenters. The maximum Gasteiger partial charge on any atom is 0.422 e. The maximum atomic E-state index is 15.2. The van der Waals surface area contributed by atoms with E-state index in [-0.39, 0.29) is 5.75 Å². The van der Waals surface area contributed by atoms with E-state index in [0.29, 0.717) is 17.2 Å². The first-order valence-electron chi connectivity index (χ1n) is 10.3. The fraction of sp³-hybridized carbons (Fsp3) is 0.292. The topological polar surface area (TPSA) is 34.6 Å². The Morgan fingerprint density at radius 1 is 0.912 bits per heavy atom. The average molecular weight is 487 g/mol. The zero-order chi connectivity index (χ0) is 25.1. The normalized spacial score (nSPS) is 17.6. The van der Waals surface area contributed by atoms with E-state index < -0.39 is 53.8 Å². The molecule has 2 heterocycles. The van der Waals surface area contributed by atoms with E-state index in [1.54, 1.807) is 0 Å². The van der Waals surface area contributed by atoms with Crippen molar-refractivity contribution in [2.24, 2.45) is 0 Å². The smallest absolute Gasteiger partial charge is 0.422 e. The van der Waals surface area contributed by atoms with Crippen LogP contribution in [-0.2, 0) is 16.3 Å². The summed E-state index contributed by atoms with van der Waals surface area (Å²) in [6.45, 7) is 2.10. The largest absolute Gasteiger partial charge is 0.484 e. The number of benzene rings is 2. The summed E-state index contributed by atoms with van der Waals surface area (Å²) in [5, 5.41) is 0. The quantitative estimate of drug-likeness (QED) is 0.277. The van der Waals surface area contributed by atoms with Crippen LogP contribution >= 0.6 is 0 Å². The molecule has 1 aliphatic rings. The van der Waals surface area contributed by atoms with Gasteiger partial charge in [-0.1, -0.05) is 32.0 Å². The summed E-state index contributed by atoms with van der Waals surface area (Å²) in [6.07, 6.45) is -3.31.